The molecule has 3 aromatic rings. The second kappa shape index (κ2) is 7.28. The number of fused-ring (bicyclic) bond motifs is 1. The number of aromatic nitrogens is 2. The highest BCUT2D eigenvalue weighted by atomic mass is 16.5. The van der Waals surface area contributed by atoms with Crippen LogP contribution in [-0.2, 0) is 4.79 Å². The minimum atomic E-state index is -0.497. The number of carbonyl (C=O) groups excluding carboxylic acids is 1. The number of aromatic amines is 1. The van der Waals surface area contributed by atoms with E-state index in [0.29, 0.717) is 23.7 Å². The van der Waals surface area contributed by atoms with Crippen molar-refractivity contribution in [1.29, 1.82) is 0 Å². The molecule has 7 heteroatoms. The van der Waals surface area contributed by atoms with Crippen LogP contribution in [0.3, 0.4) is 0 Å². The van der Waals surface area contributed by atoms with Crippen LogP contribution in [0.15, 0.2) is 42.5 Å². The molecule has 0 spiro atoms. The molecule has 1 fully saturated rings. The van der Waals surface area contributed by atoms with Gasteiger partial charge in [0.15, 0.2) is 11.5 Å². The van der Waals surface area contributed by atoms with Crippen LogP contribution in [0.2, 0.25) is 0 Å². The number of imidazole rings is 1. The summed E-state index contributed by atoms with van der Waals surface area (Å²) in [5, 5.41) is 19.7. The number of H-pyrrole nitrogens is 1. The predicted octanol–water partition coefficient (Wildman–Crippen LogP) is 2.30. The summed E-state index contributed by atoms with van der Waals surface area (Å²) in [4.78, 5) is 21.1. The van der Waals surface area contributed by atoms with E-state index < -0.39 is 6.61 Å². The average molecular weight is 367 g/mol. The molecule has 2 aromatic carbocycles. The minimum absolute atomic E-state index is 0.00888. The Morgan fingerprint density at radius 3 is 2.93 bits per heavy atom. The topological polar surface area (TPSA) is 98.7 Å². The molecule has 1 aliphatic rings. The number of hydrogen-bond acceptors (Lipinski definition) is 5. The molecule has 4 rings (SSSR count). The summed E-state index contributed by atoms with van der Waals surface area (Å²) in [5.41, 5.74) is 2.27. The number of aliphatic hydroxyl groups excluding tert-OH is 1. The van der Waals surface area contributed by atoms with Crippen molar-refractivity contribution in [3.63, 3.8) is 0 Å². The molecule has 7 nitrogen and oxygen atoms in total. The van der Waals surface area contributed by atoms with Crippen molar-refractivity contribution >= 4 is 16.9 Å². The van der Waals surface area contributed by atoms with E-state index in [2.05, 4.69) is 9.97 Å². The zero-order valence-electron chi connectivity index (χ0n) is 14.8. The molecule has 1 saturated heterocycles. The van der Waals surface area contributed by atoms with E-state index in [1.165, 1.54) is 0 Å². The molecule has 2 heterocycles. The molecular formula is C20H21N3O4. The number of hydrogen-bond donors (Lipinski definition) is 3. The van der Waals surface area contributed by atoms with Gasteiger partial charge in [-0.15, -0.1) is 0 Å². The number of nitrogens with zero attached hydrogens (tertiary/aromatic N) is 2. The van der Waals surface area contributed by atoms with E-state index in [-0.39, 0.29) is 24.3 Å². The maximum absolute atomic E-state index is 11.8. The summed E-state index contributed by atoms with van der Waals surface area (Å²) in [6.07, 6.45) is 1.69. The Morgan fingerprint density at radius 2 is 2.11 bits per heavy atom. The van der Waals surface area contributed by atoms with Gasteiger partial charge in [0.1, 0.15) is 19.0 Å². The van der Waals surface area contributed by atoms with Gasteiger partial charge in [-0.2, -0.15) is 0 Å². The van der Waals surface area contributed by atoms with E-state index >= 15 is 0 Å². The van der Waals surface area contributed by atoms with Crippen LogP contribution < -0.4 is 4.74 Å². The van der Waals surface area contributed by atoms with Crippen molar-refractivity contribution in [2.45, 2.75) is 18.9 Å². The number of ether oxygens (including phenoxy) is 1. The molecule has 0 saturated carbocycles. The van der Waals surface area contributed by atoms with Gasteiger partial charge in [0, 0.05) is 6.54 Å². The highest BCUT2D eigenvalue weighted by Crippen LogP contribution is 2.36. The third-order valence-corrected chi connectivity index (χ3v) is 4.91. The van der Waals surface area contributed by atoms with Gasteiger partial charge in [0.05, 0.1) is 22.6 Å². The van der Waals surface area contributed by atoms with Crippen LogP contribution in [0.5, 0.6) is 11.5 Å². The Balaban J connectivity index is 1.54. The summed E-state index contributed by atoms with van der Waals surface area (Å²) in [7, 11) is 0. The maximum Gasteiger partial charge on any atom is 0.248 e. The number of aromatic hydroxyl groups is 1. The number of phenols is 1. The Kier molecular flexibility index (Phi) is 4.68. The lowest BCUT2D eigenvalue weighted by Gasteiger charge is -2.24. The summed E-state index contributed by atoms with van der Waals surface area (Å²) < 4.78 is 5.81. The maximum atomic E-state index is 11.8. The lowest BCUT2D eigenvalue weighted by molar-refractivity contribution is -0.135. The number of likely N-dealkylation sites (tertiary alicyclic amines) is 1. The molecule has 1 atom stereocenters. The molecule has 0 aliphatic carbocycles. The standard InChI is InChI=1S/C20H21N3O4/c24-11-18(25)23-10-4-5-13(23)12-27-17-9-3-6-14(19(17)26)20-21-15-7-1-2-8-16(15)22-20/h1-3,6-9,13,24,26H,4-5,10-12H2,(H,21,22). The number of rotatable bonds is 5. The van der Waals surface area contributed by atoms with E-state index in [1.54, 1.807) is 23.1 Å². The fourth-order valence-electron chi connectivity index (χ4n) is 3.52. The van der Waals surface area contributed by atoms with E-state index in [4.69, 9.17) is 9.84 Å². The number of aliphatic hydroxyl groups is 1. The van der Waals surface area contributed by atoms with Crippen LogP contribution in [0.4, 0.5) is 0 Å². The molecule has 3 N–H and O–H groups in total. The van der Waals surface area contributed by atoms with Gasteiger partial charge >= 0.3 is 0 Å². The smallest absolute Gasteiger partial charge is 0.248 e. The number of benzene rings is 2. The van der Waals surface area contributed by atoms with Gasteiger partial charge in [0.25, 0.3) is 0 Å². The first-order valence-corrected chi connectivity index (χ1v) is 8.97. The third-order valence-electron chi connectivity index (χ3n) is 4.91. The average Bonchev–Trinajstić information content (AvgIpc) is 3.33. The van der Waals surface area contributed by atoms with E-state index in [9.17, 15) is 9.90 Å². The first kappa shape index (κ1) is 17.4. The van der Waals surface area contributed by atoms with Crippen molar-refractivity contribution in [2.24, 2.45) is 0 Å². The molecule has 1 aromatic heterocycles. The van der Waals surface area contributed by atoms with Crippen LogP contribution in [0.25, 0.3) is 22.4 Å². The second-order valence-electron chi connectivity index (χ2n) is 6.61. The molecule has 0 bridgehead atoms. The Morgan fingerprint density at radius 1 is 1.26 bits per heavy atom. The molecule has 0 radical (unpaired) electrons. The predicted molar refractivity (Wildman–Crippen MR) is 101 cm³/mol. The zero-order valence-corrected chi connectivity index (χ0v) is 14.8. The largest absolute Gasteiger partial charge is 0.504 e. The normalized spacial score (nSPS) is 16.8. The molecule has 1 aliphatic heterocycles. The lowest BCUT2D eigenvalue weighted by atomic mass is 10.1. The summed E-state index contributed by atoms with van der Waals surface area (Å²) in [6, 6.07) is 12.8. The van der Waals surface area contributed by atoms with Crippen molar-refractivity contribution in [2.75, 3.05) is 19.8 Å². The molecule has 1 unspecified atom stereocenters. The minimum Gasteiger partial charge on any atom is -0.504 e. The van der Waals surface area contributed by atoms with Gasteiger partial charge in [-0.3, -0.25) is 4.79 Å². The van der Waals surface area contributed by atoms with Crippen molar-refractivity contribution in [3.05, 3.63) is 42.5 Å². The summed E-state index contributed by atoms with van der Waals surface area (Å²) in [6.45, 7) is 0.393. The van der Waals surface area contributed by atoms with Gasteiger partial charge in [0.2, 0.25) is 5.91 Å². The van der Waals surface area contributed by atoms with Gasteiger partial charge in [-0.05, 0) is 37.1 Å². The first-order valence-electron chi connectivity index (χ1n) is 8.97. The van der Waals surface area contributed by atoms with Crippen LogP contribution in [0.1, 0.15) is 12.8 Å². The van der Waals surface area contributed by atoms with Gasteiger partial charge in [-0.25, -0.2) is 4.98 Å². The van der Waals surface area contributed by atoms with Crippen LogP contribution in [-0.4, -0.2) is 56.8 Å². The molecular weight excluding hydrogens is 346 g/mol. The number of para-hydroxylation sites is 3. The summed E-state index contributed by atoms with van der Waals surface area (Å²) in [5.74, 6) is 0.629. The Bertz CT molecular complexity index is 936. The number of nitrogens with one attached hydrogen (secondary N) is 1. The SMILES string of the molecule is O=C(CO)N1CCCC1COc1cccc(-c2nc3ccccc3[nH]2)c1O. The van der Waals surface area contributed by atoms with Gasteiger partial charge < -0.3 is 24.8 Å². The fourth-order valence-corrected chi connectivity index (χ4v) is 3.52. The van der Waals surface area contributed by atoms with E-state index in [1.807, 2.05) is 24.3 Å². The highest BCUT2D eigenvalue weighted by Gasteiger charge is 2.29. The highest BCUT2D eigenvalue weighted by molar-refractivity contribution is 5.81. The van der Waals surface area contributed by atoms with Crippen LogP contribution in [0, 0.1) is 0 Å². The first-order chi connectivity index (χ1) is 13.2. The Hall–Kier alpha value is -3.06. The Labute approximate surface area is 156 Å². The lowest BCUT2D eigenvalue weighted by Crippen LogP contribution is -2.40. The van der Waals surface area contributed by atoms with E-state index in [0.717, 1.165) is 23.9 Å². The quantitative estimate of drug-likeness (QED) is 0.643. The monoisotopic (exact) mass is 367 g/mol. The number of phenolic OH excluding ortho intramolecular Hbond substituents is 1. The molecule has 1 amide bonds. The third kappa shape index (κ3) is 3.33. The number of carbonyl (C=O) groups is 1. The second-order valence-corrected chi connectivity index (χ2v) is 6.61. The fraction of sp³-hybridized carbons (Fsp3) is 0.300. The van der Waals surface area contributed by atoms with Crippen molar-refractivity contribution < 1.29 is 19.7 Å². The molecule has 140 valence electrons. The van der Waals surface area contributed by atoms with Crippen molar-refractivity contribution in [3.8, 4) is 22.9 Å². The van der Waals surface area contributed by atoms with Crippen LogP contribution >= 0.6 is 0 Å². The molecule has 27 heavy (non-hydrogen) atoms. The van der Waals surface area contributed by atoms with Crippen molar-refractivity contribution in [1.82, 2.24) is 14.9 Å². The van der Waals surface area contributed by atoms with Gasteiger partial charge in [-0.1, -0.05) is 18.2 Å². The number of amides is 1. The zero-order chi connectivity index (χ0) is 18.8. The summed E-state index contributed by atoms with van der Waals surface area (Å²) >= 11 is 0.